The van der Waals surface area contributed by atoms with Crippen LogP contribution in [-0.2, 0) is 11.2 Å². The molecule has 162 valence electrons. The van der Waals surface area contributed by atoms with E-state index in [1.807, 2.05) is 36.4 Å². The molecule has 0 aliphatic carbocycles. The van der Waals surface area contributed by atoms with Gasteiger partial charge in [-0.05, 0) is 54.8 Å². The Morgan fingerprint density at radius 2 is 1.78 bits per heavy atom. The number of benzene rings is 2. The number of rotatable bonds is 6. The van der Waals surface area contributed by atoms with Gasteiger partial charge in [-0.2, -0.15) is 0 Å². The number of fused-ring (bicyclic) bond motifs is 1. The molecule has 0 radical (unpaired) electrons. The summed E-state index contributed by atoms with van der Waals surface area (Å²) in [6, 6.07) is 18.4. The second kappa shape index (κ2) is 9.85. The largest absolute Gasteiger partial charge is 0.353 e. The average molecular weight is 467 g/mol. The summed E-state index contributed by atoms with van der Waals surface area (Å²) in [4.78, 5) is 32.4. The Morgan fingerprint density at radius 3 is 2.56 bits per heavy atom. The number of aromatic nitrogens is 2. The number of H-pyrrole nitrogens is 1. The highest BCUT2D eigenvalue weighted by Crippen LogP contribution is 2.30. The molecule has 0 bridgehead atoms. The Balaban J connectivity index is 1.38. The van der Waals surface area contributed by atoms with Crippen LogP contribution in [0.25, 0.3) is 22.3 Å². The van der Waals surface area contributed by atoms with E-state index in [2.05, 4.69) is 26.9 Å². The zero-order chi connectivity index (χ0) is 22.5. The van der Waals surface area contributed by atoms with E-state index >= 15 is 0 Å². The van der Waals surface area contributed by atoms with E-state index in [4.69, 9.17) is 23.2 Å². The quantitative estimate of drug-likeness (QED) is 0.336. The van der Waals surface area contributed by atoms with Crippen LogP contribution in [-0.4, -0.2) is 21.8 Å². The Morgan fingerprint density at radius 1 is 0.969 bits per heavy atom. The van der Waals surface area contributed by atoms with Gasteiger partial charge in [-0.3, -0.25) is 25.4 Å². The number of aromatic amines is 1. The second-order valence-electron chi connectivity index (χ2n) is 7.22. The number of amides is 2. The lowest BCUT2D eigenvalue weighted by molar-refractivity contribution is -0.121. The molecule has 0 saturated heterocycles. The van der Waals surface area contributed by atoms with Crippen LogP contribution in [0.15, 0.2) is 66.9 Å². The third-order valence-corrected chi connectivity index (χ3v) is 5.60. The minimum Gasteiger partial charge on any atom is -0.353 e. The van der Waals surface area contributed by atoms with Crippen molar-refractivity contribution in [1.29, 1.82) is 0 Å². The first-order chi connectivity index (χ1) is 15.5. The fourth-order valence-corrected chi connectivity index (χ4v) is 4.04. The second-order valence-corrected chi connectivity index (χ2v) is 8.06. The van der Waals surface area contributed by atoms with Crippen molar-refractivity contribution in [3.63, 3.8) is 0 Å². The zero-order valence-electron chi connectivity index (χ0n) is 17.0. The standard InChI is InChI=1S/C24H20Cl2N4O2/c25-15-11-12-18(19(26)14-15)24(32)30-29-22(31)10-5-7-17-16-6-1-2-8-20(16)28-23(17)21-9-3-4-13-27-21/h1-4,6,8-9,11-14,28H,5,7,10H2,(H,29,31)(H,30,32). The van der Waals surface area contributed by atoms with Crippen molar-refractivity contribution >= 4 is 45.9 Å². The lowest BCUT2D eigenvalue weighted by atomic mass is 10.0. The van der Waals surface area contributed by atoms with E-state index in [-0.39, 0.29) is 22.9 Å². The number of pyridine rings is 1. The van der Waals surface area contributed by atoms with Crippen LogP contribution < -0.4 is 10.9 Å². The van der Waals surface area contributed by atoms with E-state index in [0.29, 0.717) is 17.9 Å². The summed E-state index contributed by atoms with van der Waals surface area (Å²) >= 11 is 11.9. The minimum absolute atomic E-state index is 0.214. The SMILES string of the molecule is O=C(CCCc1c(-c2ccccn2)[nH]c2ccccc12)NNC(=O)c1ccc(Cl)cc1Cl. The predicted molar refractivity (Wildman–Crippen MR) is 127 cm³/mol. The van der Waals surface area contributed by atoms with Crippen LogP contribution in [0.1, 0.15) is 28.8 Å². The van der Waals surface area contributed by atoms with Gasteiger partial charge in [0.25, 0.3) is 5.91 Å². The van der Waals surface area contributed by atoms with Gasteiger partial charge in [0.2, 0.25) is 5.91 Å². The van der Waals surface area contributed by atoms with Crippen LogP contribution in [0.4, 0.5) is 0 Å². The molecule has 2 heterocycles. The molecule has 2 amide bonds. The summed E-state index contributed by atoms with van der Waals surface area (Å²) in [5.41, 5.74) is 9.01. The lowest BCUT2D eigenvalue weighted by Crippen LogP contribution is -2.41. The molecule has 4 aromatic rings. The molecule has 8 heteroatoms. The molecule has 2 aromatic heterocycles. The highest BCUT2D eigenvalue weighted by atomic mass is 35.5. The van der Waals surface area contributed by atoms with Gasteiger partial charge in [-0.25, -0.2) is 0 Å². The Bertz CT molecular complexity index is 1270. The van der Waals surface area contributed by atoms with Crippen LogP contribution in [0.3, 0.4) is 0 Å². The molecule has 0 fully saturated rings. The number of para-hydroxylation sites is 1. The maximum absolute atomic E-state index is 12.3. The number of nitrogens with one attached hydrogen (secondary N) is 3. The fourth-order valence-electron chi connectivity index (χ4n) is 3.54. The monoisotopic (exact) mass is 466 g/mol. The van der Waals surface area contributed by atoms with Gasteiger partial charge in [-0.15, -0.1) is 0 Å². The smallest absolute Gasteiger partial charge is 0.271 e. The zero-order valence-corrected chi connectivity index (χ0v) is 18.5. The first-order valence-electron chi connectivity index (χ1n) is 10.1. The number of hydrogen-bond acceptors (Lipinski definition) is 3. The normalized spacial score (nSPS) is 10.8. The number of hydrazine groups is 1. The molecular formula is C24H20Cl2N4O2. The maximum atomic E-state index is 12.3. The van der Waals surface area contributed by atoms with Crippen molar-refractivity contribution < 1.29 is 9.59 Å². The van der Waals surface area contributed by atoms with Gasteiger partial charge in [0, 0.05) is 28.5 Å². The molecule has 0 unspecified atom stereocenters. The number of nitrogens with zero attached hydrogens (tertiary/aromatic N) is 1. The van der Waals surface area contributed by atoms with Crippen molar-refractivity contribution in [2.45, 2.75) is 19.3 Å². The molecule has 0 aliphatic rings. The average Bonchev–Trinajstić information content (AvgIpc) is 3.17. The van der Waals surface area contributed by atoms with Crippen molar-refractivity contribution in [2.24, 2.45) is 0 Å². The first kappa shape index (κ1) is 21.9. The number of carbonyl (C=O) groups is 2. The summed E-state index contributed by atoms with van der Waals surface area (Å²) in [6.45, 7) is 0. The van der Waals surface area contributed by atoms with Crippen molar-refractivity contribution in [3.05, 3.63) is 88.0 Å². The molecule has 6 nitrogen and oxygen atoms in total. The fraction of sp³-hybridized carbons (Fsp3) is 0.125. The highest BCUT2D eigenvalue weighted by Gasteiger charge is 2.15. The maximum Gasteiger partial charge on any atom is 0.271 e. The molecule has 0 saturated carbocycles. The van der Waals surface area contributed by atoms with E-state index in [0.717, 1.165) is 27.9 Å². The highest BCUT2D eigenvalue weighted by molar-refractivity contribution is 6.36. The Hall–Kier alpha value is -3.35. The lowest BCUT2D eigenvalue weighted by Gasteiger charge is -2.09. The van der Waals surface area contributed by atoms with Crippen molar-refractivity contribution in [2.75, 3.05) is 0 Å². The van der Waals surface area contributed by atoms with E-state index in [1.165, 1.54) is 12.1 Å². The molecule has 3 N–H and O–H groups in total. The first-order valence-corrected chi connectivity index (χ1v) is 10.8. The Labute approximate surface area is 194 Å². The van der Waals surface area contributed by atoms with Crippen LogP contribution in [0.2, 0.25) is 10.0 Å². The van der Waals surface area contributed by atoms with Gasteiger partial charge in [0.1, 0.15) is 0 Å². The summed E-state index contributed by atoms with van der Waals surface area (Å²) < 4.78 is 0. The van der Waals surface area contributed by atoms with E-state index < -0.39 is 5.91 Å². The van der Waals surface area contributed by atoms with Crippen LogP contribution >= 0.6 is 23.2 Å². The van der Waals surface area contributed by atoms with Crippen LogP contribution in [0.5, 0.6) is 0 Å². The third-order valence-electron chi connectivity index (χ3n) is 5.06. The number of halogens is 2. The van der Waals surface area contributed by atoms with Gasteiger partial charge in [0.05, 0.1) is 22.0 Å². The summed E-state index contributed by atoms with van der Waals surface area (Å²) in [5, 5.41) is 1.75. The molecule has 0 aliphatic heterocycles. The molecule has 0 atom stereocenters. The van der Waals surface area contributed by atoms with Gasteiger partial charge in [-0.1, -0.05) is 47.5 Å². The van der Waals surface area contributed by atoms with Gasteiger partial charge < -0.3 is 4.98 Å². The van der Waals surface area contributed by atoms with E-state index in [1.54, 1.807) is 12.3 Å². The van der Waals surface area contributed by atoms with Gasteiger partial charge >= 0.3 is 0 Å². The molecular weight excluding hydrogens is 447 g/mol. The predicted octanol–water partition coefficient (Wildman–Crippen LogP) is 5.32. The van der Waals surface area contributed by atoms with E-state index in [9.17, 15) is 9.59 Å². The minimum atomic E-state index is -0.505. The molecule has 32 heavy (non-hydrogen) atoms. The summed E-state index contributed by atoms with van der Waals surface area (Å²) in [7, 11) is 0. The van der Waals surface area contributed by atoms with Gasteiger partial charge in [0.15, 0.2) is 0 Å². The van der Waals surface area contributed by atoms with Crippen molar-refractivity contribution in [3.8, 4) is 11.4 Å². The van der Waals surface area contributed by atoms with Crippen LogP contribution in [0, 0.1) is 0 Å². The molecule has 0 spiro atoms. The van der Waals surface area contributed by atoms with Crippen molar-refractivity contribution in [1.82, 2.24) is 20.8 Å². The summed E-state index contributed by atoms with van der Waals surface area (Å²) in [5.74, 6) is -0.795. The topological polar surface area (TPSA) is 86.9 Å². The molecule has 4 rings (SSSR count). The number of carbonyl (C=O) groups excluding carboxylic acids is 2. The number of hydrogen-bond donors (Lipinski definition) is 3. The Kier molecular flexibility index (Phi) is 6.73. The summed E-state index contributed by atoms with van der Waals surface area (Å²) in [6.07, 6.45) is 3.29. The third kappa shape index (κ3) is 4.93. The number of aryl methyl sites for hydroxylation is 1. The molecule has 2 aromatic carbocycles.